The van der Waals surface area contributed by atoms with Gasteiger partial charge in [-0.1, -0.05) is 13.0 Å². The zero-order chi connectivity index (χ0) is 11.7. The summed E-state index contributed by atoms with van der Waals surface area (Å²) in [5, 5.41) is 1.25. The van der Waals surface area contributed by atoms with Crippen molar-refractivity contribution in [1.29, 1.82) is 0 Å². The number of aryl methyl sites for hydroxylation is 1. The Balaban J connectivity index is 2.70. The van der Waals surface area contributed by atoms with Crippen molar-refractivity contribution in [1.82, 2.24) is 4.98 Å². The highest BCUT2D eigenvalue weighted by atomic mass is 16.5. The fourth-order valence-electron chi connectivity index (χ4n) is 2.11. The number of hydrogen-bond acceptors (Lipinski definition) is 2. The Morgan fingerprint density at radius 1 is 1.44 bits per heavy atom. The van der Waals surface area contributed by atoms with Gasteiger partial charge in [0.2, 0.25) is 0 Å². The predicted molar refractivity (Wildman–Crippen MR) is 67.1 cm³/mol. The van der Waals surface area contributed by atoms with E-state index in [2.05, 4.69) is 24.9 Å². The summed E-state index contributed by atoms with van der Waals surface area (Å²) in [4.78, 5) is 3.28. The molecule has 0 radical (unpaired) electrons. The van der Waals surface area contributed by atoms with Gasteiger partial charge in [0.05, 0.1) is 12.6 Å². The van der Waals surface area contributed by atoms with Gasteiger partial charge in [-0.25, -0.2) is 0 Å². The van der Waals surface area contributed by atoms with E-state index in [0.29, 0.717) is 12.5 Å². The first-order chi connectivity index (χ1) is 7.69. The monoisotopic (exact) mass is 218 g/mol. The lowest BCUT2D eigenvalue weighted by Crippen LogP contribution is -2.08. The average molecular weight is 218 g/mol. The molecule has 1 atom stereocenters. The topological polar surface area (TPSA) is 51.0 Å². The molecule has 1 heterocycles. The summed E-state index contributed by atoms with van der Waals surface area (Å²) < 4.78 is 5.35. The Hall–Kier alpha value is -1.48. The van der Waals surface area contributed by atoms with Gasteiger partial charge < -0.3 is 15.5 Å². The molecule has 1 aromatic carbocycles. The van der Waals surface area contributed by atoms with Crippen molar-refractivity contribution in [2.45, 2.75) is 19.8 Å². The summed E-state index contributed by atoms with van der Waals surface area (Å²) in [5.41, 5.74) is 9.33. The molecule has 0 bridgehead atoms. The van der Waals surface area contributed by atoms with Gasteiger partial charge in [-0.3, -0.25) is 0 Å². The van der Waals surface area contributed by atoms with Crippen LogP contribution in [0.25, 0.3) is 10.9 Å². The number of nitrogens with one attached hydrogen (secondary N) is 1. The molecule has 3 nitrogen and oxygen atoms in total. The van der Waals surface area contributed by atoms with E-state index in [9.17, 15) is 0 Å². The average Bonchev–Trinajstić information content (AvgIpc) is 2.74. The van der Waals surface area contributed by atoms with Crippen LogP contribution >= 0.6 is 0 Å². The van der Waals surface area contributed by atoms with Crippen LogP contribution < -0.4 is 10.5 Å². The molecule has 0 aliphatic rings. The number of aromatic amines is 1. The molecule has 0 aliphatic heterocycles. The van der Waals surface area contributed by atoms with Crippen molar-refractivity contribution in [2.75, 3.05) is 13.7 Å². The Bertz CT molecular complexity index is 502. The number of benzene rings is 1. The smallest absolute Gasteiger partial charge is 0.142 e. The zero-order valence-corrected chi connectivity index (χ0v) is 10.0. The van der Waals surface area contributed by atoms with Crippen LogP contribution in [0.2, 0.25) is 0 Å². The van der Waals surface area contributed by atoms with Crippen LogP contribution in [0.15, 0.2) is 18.3 Å². The summed E-state index contributed by atoms with van der Waals surface area (Å²) in [7, 11) is 1.69. The third kappa shape index (κ3) is 1.57. The maximum absolute atomic E-state index is 5.73. The summed E-state index contributed by atoms with van der Waals surface area (Å²) in [6.07, 6.45) is 2.04. The lowest BCUT2D eigenvalue weighted by Gasteiger charge is -2.09. The first kappa shape index (κ1) is 11.0. The summed E-state index contributed by atoms with van der Waals surface area (Å²) >= 11 is 0. The van der Waals surface area contributed by atoms with Crippen LogP contribution in [0, 0.1) is 6.92 Å². The lowest BCUT2D eigenvalue weighted by atomic mass is 9.98. The Labute approximate surface area is 95.6 Å². The molecule has 3 heteroatoms. The van der Waals surface area contributed by atoms with E-state index in [1.54, 1.807) is 7.11 Å². The highest BCUT2D eigenvalue weighted by molar-refractivity contribution is 5.91. The number of H-pyrrole nitrogens is 1. The Kier molecular flexibility index (Phi) is 2.88. The van der Waals surface area contributed by atoms with Gasteiger partial charge in [-0.2, -0.15) is 0 Å². The van der Waals surface area contributed by atoms with E-state index in [1.165, 1.54) is 16.5 Å². The van der Waals surface area contributed by atoms with Gasteiger partial charge >= 0.3 is 0 Å². The Morgan fingerprint density at radius 3 is 2.81 bits per heavy atom. The second-order valence-electron chi connectivity index (χ2n) is 4.22. The molecule has 0 amide bonds. The van der Waals surface area contributed by atoms with Crippen molar-refractivity contribution >= 4 is 10.9 Å². The molecule has 3 N–H and O–H groups in total. The molecule has 0 saturated heterocycles. The van der Waals surface area contributed by atoms with E-state index < -0.39 is 0 Å². The minimum absolute atomic E-state index is 0.361. The van der Waals surface area contributed by atoms with Gasteiger partial charge in [-0.15, -0.1) is 0 Å². The van der Waals surface area contributed by atoms with Gasteiger partial charge in [0.25, 0.3) is 0 Å². The number of rotatable bonds is 3. The molecule has 1 aromatic heterocycles. The van der Waals surface area contributed by atoms with Crippen molar-refractivity contribution in [2.24, 2.45) is 5.73 Å². The number of methoxy groups -OCH3 is 1. The number of hydrogen-bond donors (Lipinski definition) is 2. The molecular formula is C13H18N2O. The van der Waals surface area contributed by atoms with Crippen molar-refractivity contribution in [3.05, 3.63) is 29.5 Å². The fraction of sp³-hybridized carbons (Fsp3) is 0.385. The molecule has 16 heavy (non-hydrogen) atoms. The SMILES string of the molecule is COc1ccc(C)c2c(C(C)CN)c[nH]c12. The normalized spacial score (nSPS) is 13.0. The predicted octanol–water partition coefficient (Wildman–Crippen LogP) is 2.55. The van der Waals surface area contributed by atoms with Crippen LogP contribution in [0.5, 0.6) is 5.75 Å². The van der Waals surface area contributed by atoms with Gasteiger partial charge in [-0.05, 0) is 36.6 Å². The molecule has 2 rings (SSSR count). The minimum atomic E-state index is 0.361. The van der Waals surface area contributed by atoms with Crippen LogP contribution in [0.3, 0.4) is 0 Å². The van der Waals surface area contributed by atoms with Crippen LogP contribution in [-0.2, 0) is 0 Å². The molecule has 0 spiro atoms. The maximum atomic E-state index is 5.73. The number of aromatic nitrogens is 1. The zero-order valence-electron chi connectivity index (χ0n) is 10.0. The summed E-state index contributed by atoms with van der Waals surface area (Å²) in [6.45, 7) is 4.91. The quantitative estimate of drug-likeness (QED) is 0.831. The largest absolute Gasteiger partial charge is 0.495 e. The number of ether oxygens (including phenoxy) is 1. The molecule has 0 saturated carbocycles. The van der Waals surface area contributed by atoms with Crippen LogP contribution in [-0.4, -0.2) is 18.6 Å². The highest BCUT2D eigenvalue weighted by Gasteiger charge is 2.14. The van der Waals surface area contributed by atoms with Crippen molar-refractivity contribution in [3.8, 4) is 5.75 Å². The van der Waals surface area contributed by atoms with E-state index in [-0.39, 0.29) is 0 Å². The maximum Gasteiger partial charge on any atom is 0.142 e. The second-order valence-corrected chi connectivity index (χ2v) is 4.22. The standard InChI is InChI=1S/C13H18N2O/c1-8-4-5-11(16-3)13-12(8)10(7-15-13)9(2)6-14/h4-5,7,9,15H,6,14H2,1-3H3. The fourth-order valence-corrected chi connectivity index (χ4v) is 2.11. The number of nitrogens with two attached hydrogens (primary N) is 1. The van der Waals surface area contributed by atoms with Crippen LogP contribution in [0.1, 0.15) is 24.0 Å². The second kappa shape index (κ2) is 4.18. The minimum Gasteiger partial charge on any atom is -0.495 e. The highest BCUT2D eigenvalue weighted by Crippen LogP contribution is 2.33. The van der Waals surface area contributed by atoms with Gasteiger partial charge in [0, 0.05) is 11.6 Å². The van der Waals surface area contributed by atoms with E-state index in [1.807, 2.05) is 12.3 Å². The lowest BCUT2D eigenvalue weighted by molar-refractivity contribution is 0.419. The molecule has 1 unspecified atom stereocenters. The Morgan fingerprint density at radius 2 is 2.19 bits per heavy atom. The molecule has 2 aromatic rings. The first-order valence-electron chi connectivity index (χ1n) is 5.53. The molecule has 0 fully saturated rings. The van der Waals surface area contributed by atoms with Gasteiger partial charge in [0.15, 0.2) is 0 Å². The van der Waals surface area contributed by atoms with Crippen molar-refractivity contribution in [3.63, 3.8) is 0 Å². The third-order valence-corrected chi connectivity index (χ3v) is 3.14. The summed E-state index contributed by atoms with van der Waals surface area (Å²) in [5.74, 6) is 1.25. The van der Waals surface area contributed by atoms with E-state index >= 15 is 0 Å². The first-order valence-corrected chi connectivity index (χ1v) is 5.53. The summed E-state index contributed by atoms with van der Waals surface area (Å²) in [6, 6.07) is 4.08. The molecule has 0 aliphatic carbocycles. The van der Waals surface area contributed by atoms with E-state index in [4.69, 9.17) is 10.5 Å². The van der Waals surface area contributed by atoms with Crippen LogP contribution in [0.4, 0.5) is 0 Å². The number of fused-ring (bicyclic) bond motifs is 1. The molecular weight excluding hydrogens is 200 g/mol. The van der Waals surface area contributed by atoms with E-state index in [0.717, 1.165) is 11.3 Å². The van der Waals surface area contributed by atoms with Gasteiger partial charge in [0.1, 0.15) is 5.75 Å². The third-order valence-electron chi connectivity index (χ3n) is 3.14. The molecule has 86 valence electrons. The van der Waals surface area contributed by atoms with Crippen molar-refractivity contribution < 1.29 is 4.74 Å².